The van der Waals surface area contributed by atoms with Gasteiger partial charge in [0.15, 0.2) is 0 Å². The van der Waals surface area contributed by atoms with Gasteiger partial charge in [-0.25, -0.2) is 9.97 Å². The molecule has 0 saturated carbocycles. The first kappa shape index (κ1) is 20.7. The third-order valence-electron chi connectivity index (χ3n) is 5.00. The Kier molecular flexibility index (Phi) is 6.35. The van der Waals surface area contributed by atoms with Gasteiger partial charge in [-0.15, -0.1) is 0 Å². The maximum absolute atomic E-state index is 9.12. The number of aliphatic hydroxyl groups is 1. The topological polar surface area (TPSA) is 106 Å². The van der Waals surface area contributed by atoms with Gasteiger partial charge in [-0.05, 0) is 48.7 Å². The molecule has 0 aliphatic rings. The molecule has 0 spiro atoms. The second-order valence-electron chi connectivity index (χ2n) is 7.39. The zero-order valence-corrected chi connectivity index (χ0v) is 17.3. The molecule has 31 heavy (non-hydrogen) atoms. The average molecular weight is 415 g/mol. The van der Waals surface area contributed by atoms with Gasteiger partial charge in [0, 0.05) is 53.9 Å². The smallest absolute Gasteiger partial charge is 0.227 e. The highest BCUT2D eigenvalue weighted by molar-refractivity contribution is 5.81. The molecule has 0 radical (unpaired) electrons. The van der Waals surface area contributed by atoms with Crippen LogP contribution in [-0.4, -0.2) is 26.7 Å². The van der Waals surface area contributed by atoms with E-state index in [9.17, 15) is 0 Å². The van der Waals surface area contributed by atoms with E-state index in [1.54, 1.807) is 18.6 Å². The quantitative estimate of drug-likeness (QED) is 0.399. The maximum Gasteiger partial charge on any atom is 0.227 e. The van der Waals surface area contributed by atoms with Crippen molar-refractivity contribution in [2.24, 2.45) is 5.73 Å². The summed E-state index contributed by atoms with van der Waals surface area (Å²) in [7, 11) is 0. The van der Waals surface area contributed by atoms with E-state index in [4.69, 9.17) is 15.6 Å². The highest BCUT2D eigenvalue weighted by atomic mass is 16.5. The van der Waals surface area contributed by atoms with Crippen LogP contribution < -0.4 is 15.8 Å². The van der Waals surface area contributed by atoms with Crippen molar-refractivity contribution in [1.82, 2.24) is 15.0 Å². The molecule has 2 aromatic carbocycles. The number of rotatable bonds is 8. The number of hydrogen-bond acceptors (Lipinski definition) is 7. The predicted octanol–water partition coefficient (Wildman–Crippen LogP) is 4.04. The van der Waals surface area contributed by atoms with Gasteiger partial charge < -0.3 is 20.9 Å². The molecule has 0 aliphatic heterocycles. The minimum absolute atomic E-state index is 0.0528. The first-order valence-electron chi connectivity index (χ1n) is 10.1. The number of benzene rings is 2. The summed E-state index contributed by atoms with van der Waals surface area (Å²) >= 11 is 0. The molecule has 0 aliphatic carbocycles. The molecule has 1 unspecified atom stereocenters. The maximum atomic E-state index is 9.12. The molecule has 4 rings (SSSR count). The summed E-state index contributed by atoms with van der Waals surface area (Å²) < 4.78 is 6.00. The van der Waals surface area contributed by atoms with E-state index in [2.05, 4.69) is 20.3 Å². The lowest BCUT2D eigenvalue weighted by Gasteiger charge is -2.13. The van der Waals surface area contributed by atoms with Gasteiger partial charge >= 0.3 is 0 Å². The van der Waals surface area contributed by atoms with Crippen LogP contribution in [0.1, 0.15) is 29.2 Å². The van der Waals surface area contributed by atoms with Crippen molar-refractivity contribution in [2.45, 2.75) is 26.0 Å². The Hall–Kier alpha value is -3.55. The summed E-state index contributed by atoms with van der Waals surface area (Å²) in [5.41, 5.74) is 10.7. The number of aromatic nitrogens is 3. The van der Waals surface area contributed by atoms with Crippen LogP contribution in [0.5, 0.6) is 5.75 Å². The lowest BCUT2D eigenvalue weighted by atomic mass is 10.0. The van der Waals surface area contributed by atoms with Crippen molar-refractivity contribution < 1.29 is 9.84 Å². The van der Waals surface area contributed by atoms with E-state index in [0.717, 1.165) is 39.0 Å². The van der Waals surface area contributed by atoms with E-state index in [1.165, 1.54) is 0 Å². The molecule has 1 atom stereocenters. The fraction of sp³-hybridized carbons (Fsp3) is 0.208. The minimum Gasteiger partial charge on any atom is -0.488 e. The monoisotopic (exact) mass is 415 g/mol. The number of pyridine rings is 1. The fourth-order valence-corrected chi connectivity index (χ4v) is 3.32. The van der Waals surface area contributed by atoms with Gasteiger partial charge in [0.1, 0.15) is 12.4 Å². The molecule has 158 valence electrons. The van der Waals surface area contributed by atoms with Crippen LogP contribution in [-0.2, 0) is 6.61 Å². The third-order valence-corrected chi connectivity index (χ3v) is 5.00. The van der Waals surface area contributed by atoms with Crippen molar-refractivity contribution in [2.75, 3.05) is 11.9 Å². The third kappa shape index (κ3) is 5.14. The molecule has 2 aromatic heterocycles. The van der Waals surface area contributed by atoms with Crippen LogP contribution in [0.25, 0.3) is 10.9 Å². The summed E-state index contributed by atoms with van der Waals surface area (Å²) in [5, 5.41) is 13.3. The highest BCUT2D eigenvalue weighted by Gasteiger charge is 2.09. The summed E-state index contributed by atoms with van der Waals surface area (Å²) in [6.07, 6.45) is 5.84. The summed E-state index contributed by atoms with van der Waals surface area (Å²) in [6, 6.07) is 15.4. The van der Waals surface area contributed by atoms with E-state index >= 15 is 0 Å². The van der Waals surface area contributed by atoms with Crippen LogP contribution in [0.2, 0.25) is 0 Å². The number of aliphatic hydroxyl groups excluding tert-OH is 1. The number of nitrogens with zero attached hydrogens (tertiary/aromatic N) is 3. The van der Waals surface area contributed by atoms with Gasteiger partial charge in [-0.3, -0.25) is 4.98 Å². The van der Waals surface area contributed by atoms with Gasteiger partial charge in [0.05, 0.1) is 5.52 Å². The number of aryl methyl sites for hydroxylation is 1. The summed E-state index contributed by atoms with van der Waals surface area (Å²) in [4.78, 5) is 13.2. The fourth-order valence-electron chi connectivity index (χ4n) is 3.32. The molecule has 4 N–H and O–H groups in total. The SMILES string of the molecule is Cc1cc2cnc(Nc3cccc(C(N)CCO)c3)nc2cc1OCc1cccnc1. The van der Waals surface area contributed by atoms with Crippen LogP contribution in [0.4, 0.5) is 11.6 Å². The van der Waals surface area contributed by atoms with Crippen molar-refractivity contribution in [3.63, 3.8) is 0 Å². The number of anilines is 2. The predicted molar refractivity (Wildman–Crippen MR) is 121 cm³/mol. The van der Waals surface area contributed by atoms with Crippen molar-refractivity contribution in [3.8, 4) is 5.75 Å². The molecule has 0 bridgehead atoms. The van der Waals surface area contributed by atoms with E-state index < -0.39 is 0 Å². The number of nitrogens with one attached hydrogen (secondary N) is 1. The Morgan fingerprint density at radius 3 is 2.84 bits per heavy atom. The number of hydrogen-bond donors (Lipinski definition) is 3. The van der Waals surface area contributed by atoms with E-state index in [0.29, 0.717) is 19.0 Å². The lowest BCUT2D eigenvalue weighted by Crippen LogP contribution is -2.12. The molecule has 0 fully saturated rings. The Bertz CT molecular complexity index is 1170. The van der Waals surface area contributed by atoms with Crippen molar-refractivity contribution in [1.29, 1.82) is 0 Å². The van der Waals surface area contributed by atoms with Crippen LogP contribution in [0.3, 0.4) is 0 Å². The van der Waals surface area contributed by atoms with Crippen LogP contribution in [0, 0.1) is 6.92 Å². The average Bonchev–Trinajstić information content (AvgIpc) is 2.79. The van der Waals surface area contributed by atoms with Gasteiger partial charge in [0.2, 0.25) is 5.95 Å². The summed E-state index contributed by atoms with van der Waals surface area (Å²) in [5.74, 6) is 1.26. The number of fused-ring (bicyclic) bond motifs is 1. The van der Waals surface area contributed by atoms with E-state index in [1.807, 2.05) is 55.5 Å². The van der Waals surface area contributed by atoms with Crippen LogP contribution >= 0.6 is 0 Å². The molecule has 0 amide bonds. The van der Waals surface area contributed by atoms with Crippen molar-refractivity contribution >= 4 is 22.5 Å². The molecule has 0 saturated heterocycles. The molecule has 7 heteroatoms. The molecule has 4 aromatic rings. The molecule has 2 heterocycles. The lowest BCUT2D eigenvalue weighted by molar-refractivity contribution is 0.276. The standard InChI is InChI=1S/C24H25N5O2/c1-16-10-19-14-27-24(28-20-6-2-5-18(11-20)21(25)7-9-30)29-22(19)12-23(16)31-15-17-4-3-8-26-13-17/h2-6,8,10-14,21,30H,7,9,15,25H2,1H3,(H,27,28,29). The number of ether oxygens (including phenoxy) is 1. The minimum atomic E-state index is -0.216. The normalized spacial score (nSPS) is 12.0. The molecular formula is C24H25N5O2. The largest absolute Gasteiger partial charge is 0.488 e. The Labute approximate surface area is 181 Å². The van der Waals surface area contributed by atoms with Crippen LogP contribution in [0.15, 0.2) is 67.1 Å². The Morgan fingerprint density at radius 2 is 2.03 bits per heavy atom. The Balaban J connectivity index is 1.54. The van der Waals surface area contributed by atoms with Gasteiger partial charge in [0.25, 0.3) is 0 Å². The van der Waals surface area contributed by atoms with Gasteiger partial charge in [-0.1, -0.05) is 18.2 Å². The first-order chi connectivity index (χ1) is 15.1. The highest BCUT2D eigenvalue weighted by Crippen LogP contribution is 2.26. The van der Waals surface area contributed by atoms with E-state index in [-0.39, 0.29) is 12.6 Å². The number of nitrogens with two attached hydrogens (primary N) is 1. The van der Waals surface area contributed by atoms with Crippen molar-refractivity contribution in [3.05, 3.63) is 83.8 Å². The molecular weight excluding hydrogens is 390 g/mol. The second kappa shape index (κ2) is 9.51. The Morgan fingerprint density at radius 1 is 1.13 bits per heavy atom. The zero-order chi connectivity index (χ0) is 21.6. The summed E-state index contributed by atoms with van der Waals surface area (Å²) in [6.45, 7) is 2.50. The van der Waals surface area contributed by atoms with Gasteiger partial charge in [-0.2, -0.15) is 0 Å². The molecule has 7 nitrogen and oxygen atoms in total. The first-order valence-corrected chi connectivity index (χ1v) is 10.1. The zero-order valence-electron chi connectivity index (χ0n) is 17.3. The second-order valence-corrected chi connectivity index (χ2v) is 7.39.